The van der Waals surface area contributed by atoms with Crippen molar-refractivity contribution < 1.29 is 28.7 Å². The molecule has 262 valence electrons. The largest absolute Gasteiger partial charge is 0.494 e. The highest BCUT2D eigenvalue weighted by atomic mass is 35.5. The van der Waals surface area contributed by atoms with Crippen LogP contribution in [0, 0.1) is 10.1 Å². The molecule has 4 aromatic rings. The Morgan fingerprint density at radius 1 is 0.980 bits per heavy atom. The number of para-hydroxylation sites is 1. The number of carbonyl (C=O) groups is 2. The van der Waals surface area contributed by atoms with Crippen LogP contribution in [0.1, 0.15) is 41.5 Å². The van der Waals surface area contributed by atoms with Crippen molar-refractivity contribution in [1.29, 1.82) is 0 Å². The number of carbonyl (C=O) groups excluding carboxylic acids is 2. The SMILES string of the molecule is COc1cc(N(C)CCN(C)C)c([N+](=O)[O-])cc1N(C(=O)OC(C)(C)C)c1ncc(Cl)c(-c2cn(C(=O)OC(C)(C)C)c3ccccc23)n1. The van der Waals surface area contributed by atoms with Gasteiger partial charge >= 0.3 is 12.2 Å². The van der Waals surface area contributed by atoms with Crippen LogP contribution in [0.5, 0.6) is 5.75 Å². The molecular formula is C34H42ClN7O7. The number of hydrogen-bond donors (Lipinski definition) is 0. The molecule has 0 aliphatic carbocycles. The monoisotopic (exact) mass is 695 g/mol. The van der Waals surface area contributed by atoms with Crippen molar-refractivity contribution >= 4 is 57.7 Å². The summed E-state index contributed by atoms with van der Waals surface area (Å²) < 4.78 is 18.4. The van der Waals surface area contributed by atoms with Gasteiger partial charge in [0.2, 0.25) is 5.95 Å². The number of fused-ring (bicyclic) bond motifs is 1. The van der Waals surface area contributed by atoms with Crippen LogP contribution < -0.4 is 14.5 Å². The molecule has 49 heavy (non-hydrogen) atoms. The van der Waals surface area contributed by atoms with E-state index in [4.69, 9.17) is 30.8 Å². The van der Waals surface area contributed by atoms with Crippen molar-refractivity contribution in [2.75, 3.05) is 51.1 Å². The molecule has 0 saturated carbocycles. The summed E-state index contributed by atoms with van der Waals surface area (Å²) in [4.78, 5) is 52.8. The average Bonchev–Trinajstić information content (AvgIpc) is 3.38. The molecule has 0 aliphatic rings. The molecule has 0 spiro atoms. The Kier molecular flexibility index (Phi) is 10.7. The van der Waals surface area contributed by atoms with E-state index in [9.17, 15) is 19.7 Å². The van der Waals surface area contributed by atoms with Crippen molar-refractivity contribution in [1.82, 2.24) is 19.4 Å². The van der Waals surface area contributed by atoms with Gasteiger partial charge in [-0.05, 0) is 61.7 Å². The standard InChI is InChI=1S/C34H42ClN7O7/c1-33(2,3)48-31(43)40-20-22(21-13-11-12-14-24(21)40)29-23(35)19-36-30(37-29)41(32(44)49-34(4,5)6)27-17-26(42(45)46)25(18-28(27)47-10)39(9)16-15-38(7)8/h11-14,17-20H,15-16H2,1-10H3. The summed E-state index contributed by atoms with van der Waals surface area (Å²) in [6.45, 7) is 11.5. The van der Waals surface area contributed by atoms with Gasteiger partial charge in [-0.3, -0.25) is 14.7 Å². The molecule has 0 atom stereocenters. The van der Waals surface area contributed by atoms with Gasteiger partial charge in [-0.15, -0.1) is 0 Å². The first kappa shape index (κ1) is 36.9. The third kappa shape index (κ3) is 8.56. The van der Waals surface area contributed by atoms with E-state index in [2.05, 4.69) is 4.98 Å². The van der Waals surface area contributed by atoms with Crippen molar-refractivity contribution in [3.63, 3.8) is 0 Å². The Balaban J connectivity index is 1.96. The van der Waals surface area contributed by atoms with Gasteiger partial charge in [0.1, 0.15) is 28.3 Å². The number of halogens is 1. The molecule has 2 heterocycles. The van der Waals surface area contributed by atoms with Gasteiger partial charge in [0.25, 0.3) is 5.69 Å². The van der Waals surface area contributed by atoms with E-state index in [0.29, 0.717) is 29.6 Å². The predicted molar refractivity (Wildman–Crippen MR) is 189 cm³/mol. The number of anilines is 3. The van der Waals surface area contributed by atoms with E-state index in [1.807, 2.05) is 19.0 Å². The number of rotatable bonds is 9. The molecular weight excluding hydrogens is 654 g/mol. The Hall–Kier alpha value is -4.95. The number of methoxy groups -OCH3 is 1. The molecule has 2 aromatic carbocycles. The van der Waals surface area contributed by atoms with Gasteiger partial charge in [0.05, 0.1) is 34.5 Å². The molecule has 0 bridgehead atoms. The van der Waals surface area contributed by atoms with Crippen LogP contribution in [0.4, 0.5) is 32.6 Å². The topological polar surface area (TPSA) is 145 Å². The van der Waals surface area contributed by atoms with E-state index in [-0.39, 0.29) is 39.5 Å². The predicted octanol–water partition coefficient (Wildman–Crippen LogP) is 7.52. The van der Waals surface area contributed by atoms with Gasteiger partial charge in [-0.2, -0.15) is 0 Å². The van der Waals surface area contributed by atoms with Crippen LogP contribution in [0.3, 0.4) is 0 Å². The molecule has 0 fully saturated rings. The smallest absolute Gasteiger partial charge is 0.422 e. The summed E-state index contributed by atoms with van der Waals surface area (Å²) in [5.41, 5.74) is -0.561. The number of hydrogen-bond acceptors (Lipinski definition) is 11. The molecule has 0 saturated heterocycles. The fourth-order valence-corrected chi connectivity index (χ4v) is 5.08. The minimum absolute atomic E-state index is 0.0299. The minimum atomic E-state index is -0.961. The second kappa shape index (κ2) is 14.3. The average molecular weight is 696 g/mol. The van der Waals surface area contributed by atoms with Crippen molar-refractivity contribution in [2.45, 2.75) is 52.7 Å². The zero-order valence-electron chi connectivity index (χ0n) is 29.4. The highest BCUT2D eigenvalue weighted by molar-refractivity contribution is 6.33. The van der Waals surface area contributed by atoms with Crippen molar-refractivity contribution in [3.8, 4) is 17.0 Å². The Bertz CT molecular complexity index is 1880. The fourth-order valence-electron chi connectivity index (χ4n) is 4.89. The number of nitro groups is 1. The quantitative estimate of drug-likeness (QED) is 0.127. The van der Waals surface area contributed by atoms with Crippen LogP contribution >= 0.6 is 11.6 Å². The summed E-state index contributed by atoms with van der Waals surface area (Å²) in [5.74, 6) is -0.0751. The number of nitrogens with zero attached hydrogens (tertiary/aromatic N) is 7. The number of benzene rings is 2. The normalized spacial score (nSPS) is 11.8. The van der Waals surface area contributed by atoms with Crippen LogP contribution in [-0.2, 0) is 9.47 Å². The molecule has 0 radical (unpaired) electrons. The number of amides is 1. The molecule has 4 rings (SSSR count). The Morgan fingerprint density at radius 3 is 2.22 bits per heavy atom. The van der Waals surface area contributed by atoms with Gasteiger partial charge in [0, 0.05) is 49.4 Å². The maximum absolute atomic E-state index is 14.0. The van der Waals surface area contributed by atoms with Gasteiger partial charge in [-0.25, -0.2) is 24.5 Å². The third-order valence-corrected chi connectivity index (χ3v) is 7.35. The lowest BCUT2D eigenvalue weighted by molar-refractivity contribution is -0.384. The molecule has 14 nitrogen and oxygen atoms in total. The first-order valence-electron chi connectivity index (χ1n) is 15.4. The summed E-state index contributed by atoms with van der Waals surface area (Å²) in [6.07, 6.45) is 1.33. The van der Waals surface area contributed by atoms with Crippen molar-refractivity contribution in [2.24, 2.45) is 0 Å². The van der Waals surface area contributed by atoms with Crippen LogP contribution in [0.2, 0.25) is 5.02 Å². The van der Waals surface area contributed by atoms with Crippen LogP contribution in [-0.4, -0.2) is 89.1 Å². The van der Waals surface area contributed by atoms with E-state index >= 15 is 0 Å². The van der Waals surface area contributed by atoms with E-state index < -0.39 is 28.3 Å². The summed E-state index contributed by atoms with van der Waals surface area (Å²) in [7, 11) is 6.93. The molecule has 0 unspecified atom stereocenters. The molecule has 0 N–H and O–H groups in total. The van der Waals surface area contributed by atoms with E-state index in [0.717, 1.165) is 4.90 Å². The third-order valence-electron chi connectivity index (χ3n) is 7.07. The molecule has 0 aliphatic heterocycles. The Labute approximate surface area is 290 Å². The highest BCUT2D eigenvalue weighted by Gasteiger charge is 2.34. The van der Waals surface area contributed by atoms with Gasteiger partial charge < -0.3 is 24.0 Å². The van der Waals surface area contributed by atoms with Gasteiger partial charge in [-0.1, -0.05) is 29.8 Å². The summed E-state index contributed by atoms with van der Waals surface area (Å²) >= 11 is 6.69. The highest BCUT2D eigenvalue weighted by Crippen LogP contribution is 2.43. The number of likely N-dealkylation sites (N-methyl/N-ethyl adjacent to an activating group) is 2. The number of ether oxygens (including phenoxy) is 3. The number of nitro benzene ring substituents is 1. The minimum Gasteiger partial charge on any atom is -0.494 e. The van der Waals surface area contributed by atoms with Crippen molar-refractivity contribution in [3.05, 3.63) is 63.9 Å². The van der Waals surface area contributed by atoms with E-state index in [1.54, 1.807) is 84.0 Å². The lowest BCUT2D eigenvalue weighted by atomic mass is 10.1. The van der Waals surface area contributed by atoms with Crippen LogP contribution in [0.25, 0.3) is 22.2 Å². The zero-order valence-corrected chi connectivity index (χ0v) is 30.2. The lowest BCUT2D eigenvalue weighted by Gasteiger charge is -2.28. The molecule has 1 amide bonds. The van der Waals surface area contributed by atoms with Crippen LogP contribution in [0.15, 0.2) is 48.8 Å². The first-order valence-corrected chi connectivity index (χ1v) is 15.8. The summed E-state index contributed by atoms with van der Waals surface area (Å²) in [5, 5.41) is 13.2. The zero-order chi connectivity index (χ0) is 36.4. The second-order valence-electron chi connectivity index (χ2n) is 13.6. The second-order valence-corrected chi connectivity index (χ2v) is 14.0. The van der Waals surface area contributed by atoms with Gasteiger partial charge in [0.15, 0.2) is 0 Å². The maximum atomic E-state index is 14.0. The maximum Gasteiger partial charge on any atom is 0.422 e. The molecule has 15 heteroatoms. The first-order chi connectivity index (χ1) is 22.8. The number of aromatic nitrogens is 3. The fraction of sp³-hybridized carbons (Fsp3) is 0.412. The summed E-state index contributed by atoms with van der Waals surface area (Å²) in [6, 6.07) is 9.86. The van der Waals surface area contributed by atoms with E-state index in [1.165, 1.54) is 30.0 Å². The Morgan fingerprint density at radius 2 is 1.63 bits per heavy atom. The molecule has 2 aromatic heterocycles. The lowest BCUT2D eigenvalue weighted by Crippen LogP contribution is -2.35.